The van der Waals surface area contributed by atoms with Crippen molar-refractivity contribution in [1.29, 1.82) is 0 Å². The molecule has 1 N–H and O–H groups in total. The Morgan fingerprint density at radius 2 is 2.20 bits per heavy atom. The molecule has 0 spiro atoms. The maximum atomic E-state index is 11.3. The highest BCUT2D eigenvalue weighted by molar-refractivity contribution is 5.69. The van der Waals surface area contributed by atoms with Crippen molar-refractivity contribution >= 4 is 5.97 Å². The van der Waals surface area contributed by atoms with Crippen LogP contribution in [0.4, 0.5) is 0 Å². The minimum Gasteiger partial charge on any atom is -0.469 e. The fourth-order valence-electron chi connectivity index (χ4n) is 2.70. The summed E-state index contributed by atoms with van der Waals surface area (Å²) in [6.07, 6.45) is 4.65. The van der Waals surface area contributed by atoms with E-state index in [4.69, 9.17) is 4.74 Å². The lowest BCUT2D eigenvalue weighted by atomic mass is 10.0. The highest BCUT2D eigenvalue weighted by Crippen LogP contribution is 2.25. The zero-order valence-corrected chi connectivity index (χ0v) is 9.37. The summed E-state index contributed by atoms with van der Waals surface area (Å²) in [6.45, 7) is 3.38. The number of ether oxygens (including phenoxy) is 1. The van der Waals surface area contributed by atoms with Crippen molar-refractivity contribution in [3.63, 3.8) is 0 Å². The molecular weight excluding hydrogens is 192 g/mol. The van der Waals surface area contributed by atoms with Crippen LogP contribution < -0.4 is 5.32 Å². The number of carbonyl (C=O) groups is 1. The fourth-order valence-corrected chi connectivity index (χ4v) is 2.70. The molecule has 2 heterocycles. The van der Waals surface area contributed by atoms with Crippen molar-refractivity contribution in [2.45, 2.75) is 31.8 Å². The second-order valence-corrected chi connectivity index (χ2v) is 4.47. The van der Waals surface area contributed by atoms with Gasteiger partial charge in [-0.15, -0.1) is 0 Å². The second kappa shape index (κ2) is 4.94. The van der Waals surface area contributed by atoms with E-state index in [1.165, 1.54) is 33.0 Å². The molecule has 0 amide bonds. The largest absolute Gasteiger partial charge is 0.469 e. The van der Waals surface area contributed by atoms with E-state index in [0.29, 0.717) is 18.5 Å². The number of carbonyl (C=O) groups excluding carboxylic acids is 1. The molecule has 2 atom stereocenters. The maximum absolute atomic E-state index is 11.3. The molecule has 86 valence electrons. The molecular formula is C11H20N2O2. The third kappa shape index (κ3) is 2.49. The number of esters is 1. The van der Waals surface area contributed by atoms with Gasteiger partial charge in [0.2, 0.25) is 0 Å². The number of likely N-dealkylation sites (tertiary alicyclic amines) is 1. The van der Waals surface area contributed by atoms with Crippen molar-refractivity contribution in [2.24, 2.45) is 5.92 Å². The standard InChI is InChI=1S/C11H20N2O2/c1-15-10(14)8-9-4-5-12-11(9)13-6-2-3-7-13/h9,11-12H,2-8H2,1H3. The lowest BCUT2D eigenvalue weighted by Crippen LogP contribution is -2.44. The predicted octanol–water partition coefficient (Wildman–Crippen LogP) is 0.581. The van der Waals surface area contributed by atoms with Crippen molar-refractivity contribution in [1.82, 2.24) is 10.2 Å². The van der Waals surface area contributed by atoms with Gasteiger partial charge < -0.3 is 10.1 Å². The van der Waals surface area contributed by atoms with Crippen molar-refractivity contribution in [2.75, 3.05) is 26.7 Å². The van der Waals surface area contributed by atoms with Gasteiger partial charge in [0.15, 0.2) is 0 Å². The minimum absolute atomic E-state index is 0.0760. The topological polar surface area (TPSA) is 41.6 Å². The predicted molar refractivity (Wildman–Crippen MR) is 57.3 cm³/mol. The van der Waals surface area contributed by atoms with Crippen LogP contribution in [0.15, 0.2) is 0 Å². The van der Waals surface area contributed by atoms with Crippen molar-refractivity contribution in [3.8, 4) is 0 Å². The first-order chi connectivity index (χ1) is 7.31. The molecule has 2 fully saturated rings. The lowest BCUT2D eigenvalue weighted by Gasteiger charge is -2.28. The summed E-state index contributed by atoms with van der Waals surface area (Å²) in [6, 6.07) is 0. The zero-order valence-electron chi connectivity index (χ0n) is 9.37. The van der Waals surface area contributed by atoms with E-state index in [2.05, 4.69) is 10.2 Å². The van der Waals surface area contributed by atoms with Crippen LogP contribution in [-0.4, -0.2) is 43.8 Å². The Morgan fingerprint density at radius 1 is 1.47 bits per heavy atom. The van der Waals surface area contributed by atoms with E-state index in [-0.39, 0.29) is 5.97 Å². The Bertz CT molecular complexity index is 227. The van der Waals surface area contributed by atoms with Gasteiger partial charge in [0.05, 0.1) is 19.7 Å². The second-order valence-electron chi connectivity index (χ2n) is 4.47. The molecule has 2 rings (SSSR count). The Labute approximate surface area is 91.0 Å². The Balaban J connectivity index is 1.89. The van der Waals surface area contributed by atoms with Crippen molar-refractivity contribution < 1.29 is 9.53 Å². The first kappa shape index (κ1) is 10.9. The van der Waals surface area contributed by atoms with Crippen LogP contribution in [0.2, 0.25) is 0 Å². The molecule has 2 saturated heterocycles. The first-order valence-electron chi connectivity index (χ1n) is 5.85. The van der Waals surface area contributed by atoms with Crippen LogP contribution in [0.25, 0.3) is 0 Å². The van der Waals surface area contributed by atoms with Gasteiger partial charge in [0.1, 0.15) is 0 Å². The monoisotopic (exact) mass is 212 g/mol. The van der Waals surface area contributed by atoms with Crippen LogP contribution >= 0.6 is 0 Å². The summed E-state index contributed by atoms with van der Waals surface area (Å²) in [7, 11) is 1.47. The molecule has 0 aliphatic carbocycles. The average molecular weight is 212 g/mol. The summed E-state index contributed by atoms with van der Waals surface area (Å²) in [5.74, 6) is 0.364. The van der Waals surface area contributed by atoms with Gasteiger partial charge in [0, 0.05) is 0 Å². The SMILES string of the molecule is COC(=O)CC1CCNC1N1CCCC1. The van der Waals surface area contributed by atoms with Gasteiger partial charge in [-0.3, -0.25) is 9.69 Å². The van der Waals surface area contributed by atoms with E-state index < -0.39 is 0 Å². The number of hydrogen-bond donors (Lipinski definition) is 1. The van der Waals surface area contributed by atoms with E-state index in [0.717, 1.165) is 13.0 Å². The highest BCUT2D eigenvalue weighted by Gasteiger charge is 2.34. The summed E-state index contributed by atoms with van der Waals surface area (Å²) >= 11 is 0. The number of rotatable bonds is 3. The van der Waals surface area contributed by atoms with E-state index in [9.17, 15) is 4.79 Å². The smallest absolute Gasteiger partial charge is 0.305 e. The van der Waals surface area contributed by atoms with E-state index in [1.807, 2.05) is 0 Å². The van der Waals surface area contributed by atoms with E-state index >= 15 is 0 Å². The number of methoxy groups -OCH3 is 1. The van der Waals surface area contributed by atoms with E-state index in [1.54, 1.807) is 0 Å². The van der Waals surface area contributed by atoms with Gasteiger partial charge in [-0.05, 0) is 44.8 Å². The van der Waals surface area contributed by atoms with Crippen molar-refractivity contribution in [3.05, 3.63) is 0 Å². The molecule has 2 aliphatic rings. The molecule has 2 unspecified atom stereocenters. The van der Waals surface area contributed by atoms with Gasteiger partial charge in [0.25, 0.3) is 0 Å². The fraction of sp³-hybridized carbons (Fsp3) is 0.909. The minimum atomic E-state index is -0.0760. The average Bonchev–Trinajstić information content (AvgIpc) is 2.86. The highest BCUT2D eigenvalue weighted by atomic mass is 16.5. The first-order valence-corrected chi connectivity index (χ1v) is 5.85. The van der Waals surface area contributed by atoms with Gasteiger partial charge in [-0.2, -0.15) is 0 Å². The normalized spacial score (nSPS) is 32.1. The summed E-state index contributed by atoms with van der Waals surface area (Å²) < 4.78 is 4.74. The third-order valence-corrected chi connectivity index (χ3v) is 3.51. The van der Waals surface area contributed by atoms with Crippen LogP contribution in [0.1, 0.15) is 25.7 Å². The number of nitrogens with zero attached hydrogens (tertiary/aromatic N) is 1. The molecule has 0 radical (unpaired) electrons. The van der Waals surface area contributed by atoms with Gasteiger partial charge in [-0.25, -0.2) is 0 Å². The summed E-state index contributed by atoms with van der Waals surface area (Å²) in [4.78, 5) is 13.7. The van der Waals surface area contributed by atoms with Crippen LogP contribution in [-0.2, 0) is 9.53 Å². The zero-order chi connectivity index (χ0) is 10.7. The van der Waals surface area contributed by atoms with Crippen LogP contribution in [0.3, 0.4) is 0 Å². The summed E-state index contributed by atoms with van der Waals surface area (Å²) in [5.41, 5.74) is 0. The lowest BCUT2D eigenvalue weighted by molar-refractivity contribution is -0.142. The summed E-state index contributed by atoms with van der Waals surface area (Å²) in [5, 5.41) is 3.50. The van der Waals surface area contributed by atoms with Gasteiger partial charge in [-0.1, -0.05) is 0 Å². The Morgan fingerprint density at radius 3 is 2.87 bits per heavy atom. The van der Waals surface area contributed by atoms with Gasteiger partial charge >= 0.3 is 5.97 Å². The third-order valence-electron chi connectivity index (χ3n) is 3.51. The quantitative estimate of drug-likeness (QED) is 0.695. The molecule has 0 aromatic heterocycles. The Kier molecular flexibility index (Phi) is 3.59. The molecule has 4 nitrogen and oxygen atoms in total. The molecule has 0 saturated carbocycles. The molecule has 0 aromatic rings. The van der Waals surface area contributed by atoms with Crippen LogP contribution in [0.5, 0.6) is 0 Å². The molecule has 15 heavy (non-hydrogen) atoms. The molecule has 4 heteroatoms. The van der Waals surface area contributed by atoms with Crippen LogP contribution in [0, 0.1) is 5.92 Å². The molecule has 2 aliphatic heterocycles. The maximum Gasteiger partial charge on any atom is 0.305 e. The number of hydrogen-bond acceptors (Lipinski definition) is 4. The molecule has 0 bridgehead atoms. The Hall–Kier alpha value is -0.610. The molecule has 0 aromatic carbocycles. The number of nitrogens with one attached hydrogen (secondary N) is 1.